The molecular weight excluding hydrogens is 300 g/mol. The molecule has 1 aliphatic rings. The summed E-state index contributed by atoms with van der Waals surface area (Å²) in [5.41, 5.74) is -0.0213. The topological polar surface area (TPSA) is 71.5 Å². The summed E-state index contributed by atoms with van der Waals surface area (Å²) >= 11 is 1.42. The summed E-state index contributed by atoms with van der Waals surface area (Å²) < 4.78 is 5.60. The lowest BCUT2D eigenvalue weighted by molar-refractivity contribution is 0.0911. The molecule has 124 valence electrons. The number of thiazole rings is 1. The van der Waals surface area contributed by atoms with Crippen molar-refractivity contribution in [1.82, 2.24) is 10.3 Å². The molecule has 1 aromatic rings. The molecule has 1 atom stereocenters. The number of nitrogens with one attached hydrogen (secondary N) is 1. The van der Waals surface area contributed by atoms with E-state index in [9.17, 15) is 9.90 Å². The van der Waals surface area contributed by atoms with Gasteiger partial charge in [-0.1, -0.05) is 13.8 Å². The number of carbonyl (C=O) groups is 1. The Morgan fingerprint density at radius 3 is 2.91 bits per heavy atom. The van der Waals surface area contributed by atoms with Gasteiger partial charge in [0, 0.05) is 19.8 Å². The van der Waals surface area contributed by atoms with Crippen molar-refractivity contribution in [3.63, 3.8) is 0 Å². The SMILES string of the molecule is CCC(CC)(CCO)CNC(=O)c1cnc(C2CCCO2)s1. The van der Waals surface area contributed by atoms with Gasteiger partial charge in [0.15, 0.2) is 0 Å². The summed E-state index contributed by atoms with van der Waals surface area (Å²) in [5.74, 6) is -0.0778. The first-order chi connectivity index (χ1) is 10.6. The van der Waals surface area contributed by atoms with Gasteiger partial charge in [-0.2, -0.15) is 0 Å². The van der Waals surface area contributed by atoms with Gasteiger partial charge < -0.3 is 15.2 Å². The number of aliphatic hydroxyl groups excluding tert-OH is 1. The molecule has 0 aromatic carbocycles. The summed E-state index contributed by atoms with van der Waals surface area (Å²) in [6.07, 6.45) is 6.34. The summed E-state index contributed by atoms with van der Waals surface area (Å²) in [6, 6.07) is 0. The molecule has 2 N–H and O–H groups in total. The molecule has 0 radical (unpaired) electrons. The number of rotatable bonds is 8. The van der Waals surface area contributed by atoms with Crippen molar-refractivity contribution in [3.8, 4) is 0 Å². The molecule has 1 amide bonds. The third-order valence-electron chi connectivity index (χ3n) is 4.72. The summed E-state index contributed by atoms with van der Waals surface area (Å²) in [6.45, 7) is 5.73. The number of aliphatic hydroxyl groups is 1. The van der Waals surface area contributed by atoms with Crippen LogP contribution in [0.3, 0.4) is 0 Å². The predicted molar refractivity (Wildman–Crippen MR) is 87.1 cm³/mol. The zero-order chi connectivity index (χ0) is 16.0. The maximum Gasteiger partial charge on any atom is 0.263 e. The molecule has 1 aromatic heterocycles. The van der Waals surface area contributed by atoms with Crippen LogP contribution in [-0.4, -0.2) is 35.8 Å². The first-order valence-electron chi connectivity index (χ1n) is 8.10. The minimum absolute atomic E-state index is 0.0213. The highest BCUT2D eigenvalue weighted by molar-refractivity contribution is 7.13. The van der Waals surface area contributed by atoms with Crippen molar-refractivity contribution < 1.29 is 14.6 Å². The van der Waals surface area contributed by atoms with E-state index < -0.39 is 0 Å². The Morgan fingerprint density at radius 2 is 2.32 bits per heavy atom. The number of hydrogen-bond donors (Lipinski definition) is 2. The molecule has 2 heterocycles. The highest BCUT2D eigenvalue weighted by atomic mass is 32.1. The molecule has 1 aliphatic heterocycles. The van der Waals surface area contributed by atoms with E-state index in [-0.39, 0.29) is 24.0 Å². The van der Waals surface area contributed by atoms with E-state index in [0.717, 1.165) is 37.3 Å². The Morgan fingerprint density at radius 1 is 1.55 bits per heavy atom. The third kappa shape index (κ3) is 4.06. The zero-order valence-corrected chi connectivity index (χ0v) is 14.2. The fourth-order valence-corrected chi connectivity index (χ4v) is 3.77. The van der Waals surface area contributed by atoms with E-state index in [2.05, 4.69) is 24.1 Å². The van der Waals surface area contributed by atoms with E-state index in [1.165, 1.54) is 11.3 Å². The third-order valence-corrected chi connectivity index (χ3v) is 5.81. The number of aromatic nitrogens is 1. The van der Waals surface area contributed by atoms with Crippen LogP contribution < -0.4 is 5.32 Å². The van der Waals surface area contributed by atoms with Crippen LogP contribution in [0.1, 0.15) is 66.7 Å². The number of hydrogen-bond acceptors (Lipinski definition) is 5. The van der Waals surface area contributed by atoms with Crippen LogP contribution in [0.2, 0.25) is 0 Å². The molecule has 1 saturated heterocycles. The van der Waals surface area contributed by atoms with Crippen molar-refractivity contribution in [2.75, 3.05) is 19.8 Å². The van der Waals surface area contributed by atoms with Gasteiger partial charge in [-0.05, 0) is 37.5 Å². The van der Waals surface area contributed by atoms with Gasteiger partial charge in [-0.3, -0.25) is 4.79 Å². The van der Waals surface area contributed by atoms with E-state index >= 15 is 0 Å². The van der Waals surface area contributed by atoms with Crippen LogP contribution in [0.4, 0.5) is 0 Å². The van der Waals surface area contributed by atoms with Crippen LogP contribution in [0.15, 0.2) is 6.20 Å². The quantitative estimate of drug-likeness (QED) is 0.770. The average Bonchev–Trinajstić information content (AvgIpc) is 3.21. The summed E-state index contributed by atoms with van der Waals surface area (Å²) in [4.78, 5) is 17.3. The molecule has 1 fully saturated rings. The molecule has 0 saturated carbocycles. The lowest BCUT2D eigenvalue weighted by Crippen LogP contribution is -2.37. The maximum atomic E-state index is 12.3. The van der Waals surface area contributed by atoms with Gasteiger partial charge in [0.1, 0.15) is 16.0 Å². The lowest BCUT2D eigenvalue weighted by Gasteiger charge is -2.31. The second kappa shape index (κ2) is 8.04. The number of carbonyl (C=O) groups excluding carboxylic acids is 1. The van der Waals surface area contributed by atoms with Gasteiger partial charge in [0.25, 0.3) is 5.91 Å². The second-order valence-electron chi connectivity index (χ2n) is 5.93. The van der Waals surface area contributed by atoms with Gasteiger partial charge in [-0.15, -0.1) is 11.3 Å². The van der Waals surface area contributed by atoms with Gasteiger partial charge in [0.05, 0.1) is 6.20 Å². The minimum Gasteiger partial charge on any atom is -0.396 e. The first kappa shape index (κ1) is 17.4. The largest absolute Gasteiger partial charge is 0.396 e. The molecule has 0 bridgehead atoms. The number of nitrogens with zero attached hydrogens (tertiary/aromatic N) is 1. The van der Waals surface area contributed by atoms with Crippen molar-refractivity contribution >= 4 is 17.2 Å². The van der Waals surface area contributed by atoms with Crippen LogP contribution in [0.25, 0.3) is 0 Å². The summed E-state index contributed by atoms with van der Waals surface area (Å²) in [5, 5.41) is 13.1. The fraction of sp³-hybridized carbons (Fsp3) is 0.750. The monoisotopic (exact) mass is 326 g/mol. The lowest BCUT2D eigenvalue weighted by atomic mass is 9.79. The Hall–Kier alpha value is -0.980. The van der Waals surface area contributed by atoms with Gasteiger partial charge in [-0.25, -0.2) is 4.98 Å². The molecule has 6 heteroatoms. The normalized spacial score (nSPS) is 18.6. The van der Waals surface area contributed by atoms with Crippen LogP contribution in [-0.2, 0) is 4.74 Å². The molecular formula is C16H26N2O3S. The molecule has 2 rings (SSSR count). The van der Waals surface area contributed by atoms with Crippen LogP contribution in [0.5, 0.6) is 0 Å². The van der Waals surface area contributed by atoms with Crippen molar-refractivity contribution in [2.24, 2.45) is 5.41 Å². The van der Waals surface area contributed by atoms with Crippen molar-refractivity contribution in [1.29, 1.82) is 0 Å². The highest BCUT2D eigenvalue weighted by Crippen LogP contribution is 2.32. The maximum absolute atomic E-state index is 12.3. The van der Waals surface area contributed by atoms with Gasteiger partial charge in [0.2, 0.25) is 0 Å². The first-order valence-corrected chi connectivity index (χ1v) is 8.92. The highest BCUT2D eigenvalue weighted by Gasteiger charge is 2.27. The Bertz CT molecular complexity index is 479. The van der Waals surface area contributed by atoms with E-state index in [1.807, 2.05) is 0 Å². The van der Waals surface area contributed by atoms with Crippen LogP contribution >= 0.6 is 11.3 Å². The summed E-state index contributed by atoms with van der Waals surface area (Å²) in [7, 11) is 0. The fourth-order valence-electron chi connectivity index (χ4n) is 2.85. The smallest absolute Gasteiger partial charge is 0.263 e. The standard InChI is InChI=1S/C16H26N2O3S/c1-3-16(4-2,7-8-19)11-18-14(20)13-10-17-15(22-13)12-6-5-9-21-12/h10,12,19H,3-9,11H2,1-2H3,(H,18,20). The van der Waals surface area contributed by atoms with E-state index in [1.54, 1.807) is 6.20 Å². The molecule has 0 aliphatic carbocycles. The zero-order valence-electron chi connectivity index (χ0n) is 13.4. The van der Waals surface area contributed by atoms with Crippen LogP contribution in [0, 0.1) is 5.41 Å². The van der Waals surface area contributed by atoms with Crippen molar-refractivity contribution in [3.05, 3.63) is 16.1 Å². The number of amides is 1. The molecule has 1 unspecified atom stereocenters. The number of ether oxygens (including phenoxy) is 1. The Kier molecular flexibility index (Phi) is 6.35. The average molecular weight is 326 g/mol. The molecule has 0 spiro atoms. The minimum atomic E-state index is -0.0778. The Labute approximate surface area is 136 Å². The Balaban J connectivity index is 1.94. The molecule has 22 heavy (non-hydrogen) atoms. The second-order valence-corrected chi connectivity index (χ2v) is 6.99. The predicted octanol–water partition coefficient (Wildman–Crippen LogP) is 2.91. The molecule has 5 nitrogen and oxygen atoms in total. The van der Waals surface area contributed by atoms with Gasteiger partial charge >= 0.3 is 0 Å². The van der Waals surface area contributed by atoms with E-state index in [4.69, 9.17) is 4.74 Å². The van der Waals surface area contributed by atoms with Crippen molar-refractivity contribution in [2.45, 2.75) is 52.1 Å². The van der Waals surface area contributed by atoms with E-state index in [0.29, 0.717) is 17.8 Å².